The molecule has 2 N–H and O–H groups in total. The molecule has 2 aromatic rings. The number of aromatic amines is 1. The van der Waals surface area contributed by atoms with Crippen LogP contribution in [0.5, 0.6) is 0 Å². The number of H-pyrrole nitrogens is 1. The number of fused-ring (bicyclic) bond motifs is 2. The van der Waals surface area contributed by atoms with Crippen molar-refractivity contribution in [3.63, 3.8) is 0 Å². The number of carbonyl (C=O) groups is 1. The highest BCUT2D eigenvalue weighted by atomic mass is 79.9. The molecule has 6 nitrogen and oxygen atoms in total. The van der Waals surface area contributed by atoms with Crippen LogP contribution in [0.3, 0.4) is 0 Å². The topological polar surface area (TPSA) is 84.0 Å². The van der Waals surface area contributed by atoms with Gasteiger partial charge in [0, 0.05) is 27.6 Å². The zero-order valence-electron chi connectivity index (χ0n) is 14.7. The van der Waals surface area contributed by atoms with E-state index in [4.69, 9.17) is 0 Å². The van der Waals surface area contributed by atoms with Crippen LogP contribution in [0.15, 0.2) is 31.1 Å². The van der Waals surface area contributed by atoms with Crippen LogP contribution in [-0.2, 0) is 4.79 Å². The first kappa shape index (κ1) is 17.6. The fraction of sp³-hybridized carbons (Fsp3) is 0.526. The van der Waals surface area contributed by atoms with Gasteiger partial charge < -0.3 is 10.3 Å². The average Bonchev–Trinajstić information content (AvgIpc) is 3.23. The quantitative estimate of drug-likeness (QED) is 0.705. The Morgan fingerprint density at radius 1 is 1.30 bits per heavy atom. The maximum Gasteiger partial charge on any atom is 0.317 e. The minimum atomic E-state index is -0.642. The van der Waals surface area contributed by atoms with Gasteiger partial charge in [0.25, 0.3) is 0 Å². The Morgan fingerprint density at radius 2 is 2.15 bits per heavy atom. The molecule has 0 radical (unpaired) electrons. The predicted molar refractivity (Wildman–Crippen MR) is 108 cm³/mol. The second-order valence-electron chi connectivity index (χ2n) is 7.95. The lowest BCUT2D eigenvalue weighted by Gasteiger charge is -2.28. The molecule has 142 valence electrons. The van der Waals surface area contributed by atoms with Crippen molar-refractivity contribution < 1.29 is 4.79 Å². The lowest BCUT2D eigenvalue weighted by Crippen LogP contribution is -2.43. The number of benzene rings is 1. The molecule has 5 rings (SSSR count). The number of hydrogen-bond acceptors (Lipinski definition) is 4. The molecule has 3 aliphatic rings. The van der Waals surface area contributed by atoms with E-state index < -0.39 is 11.1 Å². The molecule has 2 heterocycles. The molecule has 4 unspecified atom stereocenters. The lowest BCUT2D eigenvalue weighted by atomic mass is 9.95. The highest BCUT2D eigenvalue weighted by Gasteiger charge is 2.40. The molecule has 1 aromatic carbocycles. The molecule has 1 amide bonds. The van der Waals surface area contributed by atoms with Crippen molar-refractivity contribution in [2.24, 2.45) is 11.8 Å². The van der Waals surface area contributed by atoms with Crippen LogP contribution in [-0.4, -0.2) is 27.3 Å². The summed E-state index contributed by atoms with van der Waals surface area (Å²) in [5, 5.41) is 3.20. The first-order valence-electron chi connectivity index (χ1n) is 9.40. The summed E-state index contributed by atoms with van der Waals surface area (Å²) in [6.07, 6.45) is 5.06. The van der Waals surface area contributed by atoms with Gasteiger partial charge in [-0.15, -0.1) is 11.8 Å². The van der Waals surface area contributed by atoms with Crippen molar-refractivity contribution in [2.75, 3.05) is 5.75 Å². The second-order valence-corrected chi connectivity index (χ2v) is 9.92. The van der Waals surface area contributed by atoms with Crippen LogP contribution in [0.4, 0.5) is 0 Å². The van der Waals surface area contributed by atoms with Gasteiger partial charge in [-0.25, -0.2) is 0 Å². The fourth-order valence-corrected chi connectivity index (χ4v) is 6.88. The second kappa shape index (κ2) is 6.51. The lowest BCUT2D eigenvalue weighted by molar-refractivity contribution is -0.122. The van der Waals surface area contributed by atoms with Crippen molar-refractivity contribution >= 4 is 44.6 Å². The van der Waals surface area contributed by atoms with Crippen LogP contribution in [0.2, 0.25) is 0 Å². The van der Waals surface area contributed by atoms with Crippen molar-refractivity contribution in [3.8, 4) is 0 Å². The van der Waals surface area contributed by atoms with E-state index in [1.807, 2.05) is 6.07 Å². The van der Waals surface area contributed by atoms with Crippen molar-refractivity contribution in [1.82, 2.24) is 14.9 Å². The Kier molecular flexibility index (Phi) is 4.23. The van der Waals surface area contributed by atoms with Crippen molar-refractivity contribution in [2.45, 2.75) is 49.1 Å². The molecule has 1 aromatic heterocycles. The molecular formula is C19H20BrN3O3S. The third-order valence-electron chi connectivity index (χ3n) is 6.24. The van der Waals surface area contributed by atoms with E-state index in [1.54, 1.807) is 17.8 Å². The molecule has 1 aliphatic heterocycles. The standard InChI is InChI=1S/C19H20BrN3O3S/c20-11-5-14-17-15(6-11)27-8-12(23(17)19(26)18(25)22-14)7-16(24)21-13-4-9-1-2-10(13)3-9/h5-6,9-10,12-13H,1-4,7-8H2,(H,21,24)(H,22,25). The summed E-state index contributed by atoms with van der Waals surface area (Å²) in [6, 6.07) is 3.73. The fourth-order valence-electron chi connectivity index (χ4n) is 5.08. The molecule has 2 fully saturated rings. The molecule has 0 spiro atoms. The highest BCUT2D eigenvalue weighted by Crippen LogP contribution is 2.44. The van der Waals surface area contributed by atoms with Crippen LogP contribution in [0, 0.1) is 11.8 Å². The molecule has 2 aliphatic carbocycles. The maximum absolute atomic E-state index is 12.7. The SMILES string of the molecule is O=C(CC1CSc2cc(Br)cc3[nH]c(=O)c(=O)n1c23)NC1CC2CCC1C2. The Labute approximate surface area is 168 Å². The molecule has 2 saturated carbocycles. The van der Waals surface area contributed by atoms with Gasteiger partial charge in [-0.1, -0.05) is 22.4 Å². The van der Waals surface area contributed by atoms with Gasteiger partial charge in [-0.2, -0.15) is 0 Å². The van der Waals surface area contributed by atoms with Crippen LogP contribution >= 0.6 is 27.7 Å². The number of nitrogens with zero attached hydrogens (tertiary/aromatic N) is 1. The summed E-state index contributed by atoms with van der Waals surface area (Å²) < 4.78 is 2.39. The number of thioether (sulfide) groups is 1. The number of halogens is 1. The Hall–Kier alpha value is -1.54. The van der Waals surface area contributed by atoms with Gasteiger partial charge in [-0.3, -0.25) is 19.0 Å². The Balaban J connectivity index is 1.45. The van der Waals surface area contributed by atoms with E-state index in [2.05, 4.69) is 26.2 Å². The summed E-state index contributed by atoms with van der Waals surface area (Å²) in [6.45, 7) is 0. The summed E-state index contributed by atoms with van der Waals surface area (Å²) in [5.41, 5.74) is 0.118. The van der Waals surface area contributed by atoms with E-state index in [0.717, 1.165) is 27.2 Å². The summed E-state index contributed by atoms with van der Waals surface area (Å²) in [7, 11) is 0. The number of carbonyl (C=O) groups excluding carboxylic acids is 1. The minimum absolute atomic E-state index is 0.0148. The average molecular weight is 450 g/mol. The molecule has 4 atom stereocenters. The van der Waals surface area contributed by atoms with Crippen LogP contribution in [0.1, 0.15) is 38.1 Å². The Bertz CT molecular complexity index is 1060. The van der Waals surface area contributed by atoms with Gasteiger partial charge in [0.05, 0.1) is 17.1 Å². The van der Waals surface area contributed by atoms with E-state index in [0.29, 0.717) is 17.2 Å². The summed E-state index contributed by atoms with van der Waals surface area (Å²) in [5.74, 6) is 1.98. The molecular weight excluding hydrogens is 430 g/mol. The maximum atomic E-state index is 12.7. The van der Waals surface area contributed by atoms with Gasteiger partial charge in [0.15, 0.2) is 0 Å². The zero-order chi connectivity index (χ0) is 18.7. The third kappa shape index (κ3) is 2.97. The van der Waals surface area contributed by atoms with E-state index in [-0.39, 0.29) is 24.4 Å². The smallest absolute Gasteiger partial charge is 0.317 e. The molecule has 0 saturated heterocycles. The van der Waals surface area contributed by atoms with E-state index in [1.165, 1.54) is 23.8 Å². The first-order chi connectivity index (χ1) is 13.0. The Morgan fingerprint density at radius 3 is 2.89 bits per heavy atom. The molecule has 8 heteroatoms. The predicted octanol–water partition coefficient (Wildman–Crippen LogP) is 2.79. The minimum Gasteiger partial charge on any atom is -0.353 e. The monoisotopic (exact) mass is 449 g/mol. The zero-order valence-corrected chi connectivity index (χ0v) is 17.1. The van der Waals surface area contributed by atoms with Gasteiger partial charge in [0.2, 0.25) is 5.91 Å². The number of hydrogen-bond donors (Lipinski definition) is 2. The van der Waals surface area contributed by atoms with Crippen molar-refractivity contribution in [3.05, 3.63) is 37.3 Å². The number of aromatic nitrogens is 2. The number of amides is 1. The first-order valence-corrected chi connectivity index (χ1v) is 11.2. The van der Waals surface area contributed by atoms with Gasteiger partial charge in [0.1, 0.15) is 0 Å². The van der Waals surface area contributed by atoms with Crippen LogP contribution < -0.4 is 16.4 Å². The van der Waals surface area contributed by atoms with Gasteiger partial charge in [-0.05, 0) is 43.2 Å². The summed E-state index contributed by atoms with van der Waals surface area (Å²) in [4.78, 5) is 41.0. The number of nitrogens with one attached hydrogen (secondary N) is 2. The number of rotatable bonds is 3. The highest BCUT2D eigenvalue weighted by molar-refractivity contribution is 9.10. The molecule has 27 heavy (non-hydrogen) atoms. The largest absolute Gasteiger partial charge is 0.353 e. The van der Waals surface area contributed by atoms with E-state index in [9.17, 15) is 14.4 Å². The normalized spacial score (nSPS) is 28.6. The van der Waals surface area contributed by atoms with Gasteiger partial charge >= 0.3 is 11.1 Å². The van der Waals surface area contributed by atoms with E-state index >= 15 is 0 Å². The summed E-state index contributed by atoms with van der Waals surface area (Å²) >= 11 is 5.07. The third-order valence-corrected chi connectivity index (χ3v) is 7.88. The van der Waals surface area contributed by atoms with Crippen LogP contribution in [0.25, 0.3) is 11.0 Å². The van der Waals surface area contributed by atoms with Crippen molar-refractivity contribution in [1.29, 1.82) is 0 Å². The molecule has 2 bridgehead atoms.